The van der Waals surface area contributed by atoms with E-state index in [1.54, 1.807) is 12.0 Å². The fourth-order valence-corrected chi connectivity index (χ4v) is 2.52. The zero-order chi connectivity index (χ0) is 16.8. The van der Waals surface area contributed by atoms with Gasteiger partial charge in [-0.3, -0.25) is 4.79 Å². The molecule has 1 amide bonds. The maximum atomic E-state index is 10.7. The number of hydrogen-bond acceptors (Lipinski definition) is 4. The van der Waals surface area contributed by atoms with Crippen molar-refractivity contribution in [2.45, 2.75) is 39.5 Å². The fourth-order valence-electron chi connectivity index (χ4n) is 2.52. The first-order valence-electron chi connectivity index (χ1n) is 8.53. The maximum Gasteiger partial charge on any atom is 0.209 e. The van der Waals surface area contributed by atoms with Crippen LogP contribution in [-0.2, 0) is 4.79 Å². The van der Waals surface area contributed by atoms with Crippen LogP contribution in [0, 0.1) is 5.92 Å². The number of pyridine rings is 1. The molecule has 23 heavy (non-hydrogen) atoms. The molecule has 0 radical (unpaired) electrons. The molecule has 1 aliphatic heterocycles. The Morgan fingerprint density at radius 3 is 2.30 bits per heavy atom. The van der Waals surface area contributed by atoms with Gasteiger partial charge >= 0.3 is 0 Å². The van der Waals surface area contributed by atoms with Crippen molar-refractivity contribution in [1.29, 1.82) is 0 Å². The highest BCUT2D eigenvalue weighted by molar-refractivity contribution is 5.55. The maximum absolute atomic E-state index is 10.7. The third-order valence-corrected chi connectivity index (χ3v) is 3.89. The van der Waals surface area contributed by atoms with Crippen molar-refractivity contribution in [3.05, 3.63) is 17.8 Å². The molecular formula is C18H29N3O2. The Labute approximate surface area is 139 Å². The molecule has 1 aromatic heterocycles. The van der Waals surface area contributed by atoms with Crippen LogP contribution in [-0.4, -0.2) is 49.6 Å². The van der Waals surface area contributed by atoms with Gasteiger partial charge in [0.25, 0.3) is 0 Å². The largest absolute Gasteiger partial charge is 0.493 e. The number of amides is 1. The van der Waals surface area contributed by atoms with Crippen LogP contribution in [0.25, 0.3) is 0 Å². The Balaban J connectivity index is 0.000000433. The van der Waals surface area contributed by atoms with Crippen molar-refractivity contribution in [2.24, 2.45) is 5.92 Å². The Morgan fingerprint density at radius 1 is 1.22 bits per heavy atom. The van der Waals surface area contributed by atoms with Crippen molar-refractivity contribution in [3.63, 3.8) is 0 Å². The zero-order valence-corrected chi connectivity index (χ0v) is 14.8. The molecule has 1 aromatic rings. The van der Waals surface area contributed by atoms with E-state index in [1.807, 2.05) is 6.20 Å². The predicted octanol–water partition coefficient (Wildman–Crippen LogP) is 2.91. The molecule has 5 nitrogen and oxygen atoms in total. The SMILES string of the molecule is CC(C)C.COc1cc(C2CC2)cnc1N1CCN(C=O)CC1. The summed E-state index contributed by atoms with van der Waals surface area (Å²) in [6, 6.07) is 2.12. The van der Waals surface area contributed by atoms with Crippen molar-refractivity contribution < 1.29 is 9.53 Å². The number of hydrogen-bond donors (Lipinski definition) is 0. The molecule has 0 atom stereocenters. The fraction of sp³-hybridized carbons (Fsp3) is 0.667. The minimum absolute atomic E-state index is 0.683. The van der Waals surface area contributed by atoms with E-state index in [4.69, 9.17) is 4.74 Å². The molecule has 1 saturated carbocycles. The summed E-state index contributed by atoms with van der Waals surface area (Å²) in [7, 11) is 1.69. The quantitative estimate of drug-likeness (QED) is 0.801. The van der Waals surface area contributed by atoms with Gasteiger partial charge in [0.15, 0.2) is 11.6 Å². The Hall–Kier alpha value is -1.78. The number of ether oxygens (including phenoxy) is 1. The van der Waals surface area contributed by atoms with E-state index in [0.717, 1.165) is 50.1 Å². The van der Waals surface area contributed by atoms with Gasteiger partial charge in [0.2, 0.25) is 6.41 Å². The molecule has 0 N–H and O–H groups in total. The highest BCUT2D eigenvalue weighted by Crippen LogP contribution is 2.42. The van der Waals surface area contributed by atoms with Crippen LogP contribution in [0.5, 0.6) is 5.75 Å². The van der Waals surface area contributed by atoms with Crippen LogP contribution in [0.2, 0.25) is 0 Å². The summed E-state index contributed by atoms with van der Waals surface area (Å²) in [5, 5.41) is 0. The summed E-state index contributed by atoms with van der Waals surface area (Å²) in [4.78, 5) is 19.3. The number of nitrogens with zero attached hydrogens (tertiary/aromatic N) is 3. The number of methoxy groups -OCH3 is 1. The molecule has 3 rings (SSSR count). The number of aromatic nitrogens is 1. The third kappa shape index (κ3) is 5.12. The van der Waals surface area contributed by atoms with Gasteiger partial charge in [0.1, 0.15) is 0 Å². The van der Waals surface area contributed by atoms with Gasteiger partial charge in [-0.05, 0) is 36.3 Å². The van der Waals surface area contributed by atoms with Crippen LogP contribution in [0.4, 0.5) is 5.82 Å². The van der Waals surface area contributed by atoms with Gasteiger partial charge in [-0.15, -0.1) is 0 Å². The first-order chi connectivity index (χ1) is 11.0. The van der Waals surface area contributed by atoms with E-state index in [9.17, 15) is 4.79 Å². The molecule has 0 bridgehead atoms. The summed E-state index contributed by atoms with van der Waals surface area (Å²) in [5.74, 6) is 3.27. The van der Waals surface area contributed by atoms with Crippen molar-refractivity contribution in [2.75, 3.05) is 38.2 Å². The summed E-state index contributed by atoms with van der Waals surface area (Å²) < 4.78 is 5.48. The average Bonchev–Trinajstić information content (AvgIpc) is 3.39. The molecule has 2 heterocycles. The van der Waals surface area contributed by atoms with Crippen molar-refractivity contribution >= 4 is 12.2 Å². The molecule has 0 spiro atoms. The summed E-state index contributed by atoms with van der Waals surface area (Å²) >= 11 is 0. The van der Waals surface area contributed by atoms with Crippen LogP contribution in [0.1, 0.15) is 45.1 Å². The van der Waals surface area contributed by atoms with E-state index in [2.05, 4.69) is 36.7 Å². The first-order valence-corrected chi connectivity index (χ1v) is 8.53. The second-order valence-electron chi connectivity index (χ2n) is 6.93. The molecule has 1 saturated heterocycles. The molecule has 2 fully saturated rings. The van der Waals surface area contributed by atoms with Gasteiger partial charge in [0, 0.05) is 32.4 Å². The summed E-state index contributed by atoms with van der Waals surface area (Å²) in [6.45, 7) is 9.62. The van der Waals surface area contributed by atoms with E-state index >= 15 is 0 Å². The average molecular weight is 319 g/mol. The van der Waals surface area contributed by atoms with Gasteiger partial charge < -0.3 is 14.5 Å². The number of anilines is 1. The van der Waals surface area contributed by atoms with Crippen molar-refractivity contribution in [1.82, 2.24) is 9.88 Å². The molecule has 5 heteroatoms. The number of carbonyl (C=O) groups excluding carboxylic acids is 1. The van der Waals surface area contributed by atoms with Gasteiger partial charge in [-0.2, -0.15) is 0 Å². The van der Waals surface area contributed by atoms with Crippen LogP contribution < -0.4 is 9.64 Å². The molecule has 0 unspecified atom stereocenters. The summed E-state index contributed by atoms with van der Waals surface area (Å²) in [6.07, 6.45) is 5.42. The van der Waals surface area contributed by atoms with Crippen LogP contribution >= 0.6 is 0 Å². The second kappa shape index (κ2) is 8.18. The van der Waals surface area contributed by atoms with Gasteiger partial charge in [-0.1, -0.05) is 20.8 Å². The standard InChI is InChI=1S/C14H19N3O2.C4H10/c1-19-13-8-12(11-2-3-11)9-15-14(13)17-6-4-16(10-18)5-7-17;1-4(2)3/h8-11H,2-7H2,1H3;4H,1-3H3. The molecule has 1 aliphatic carbocycles. The minimum atomic E-state index is 0.683. The van der Waals surface area contributed by atoms with E-state index < -0.39 is 0 Å². The first kappa shape index (κ1) is 17.6. The lowest BCUT2D eigenvalue weighted by molar-refractivity contribution is -0.118. The van der Waals surface area contributed by atoms with E-state index in [0.29, 0.717) is 5.92 Å². The lowest BCUT2D eigenvalue weighted by Crippen LogP contribution is -2.46. The number of piperazine rings is 1. The predicted molar refractivity (Wildman–Crippen MR) is 93.1 cm³/mol. The normalized spacial score (nSPS) is 17.6. The topological polar surface area (TPSA) is 45.7 Å². The number of rotatable bonds is 4. The Bertz CT molecular complexity index is 504. The van der Waals surface area contributed by atoms with Crippen molar-refractivity contribution in [3.8, 4) is 5.75 Å². The molecule has 128 valence electrons. The monoisotopic (exact) mass is 319 g/mol. The lowest BCUT2D eigenvalue weighted by Gasteiger charge is -2.34. The van der Waals surface area contributed by atoms with E-state index in [1.165, 1.54) is 18.4 Å². The molecular weight excluding hydrogens is 290 g/mol. The van der Waals surface area contributed by atoms with Crippen LogP contribution in [0.3, 0.4) is 0 Å². The summed E-state index contributed by atoms with van der Waals surface area (Å²) in [5.41, 5.74) is 1.28. The van der Waals surface area contributed by atoms with E-state index in [-0.39, 0.29) is 0 Å². The molecule has 2 aliphatic rings. The second-order valence-corrected chi connectivity index (χ2v) is 6.93. The Kier molecular flexibility index (Phi) is 6.25. The zero-order valence-electron chi connectivity index (χ0n) is 14.8. The molecule has 0 aromatic carbocycles. The minimum Gasteiger partial charge on any atom is -0.493 e. The van der Waals surface area contributed by atoms with Gasteiger partial charge in [-0.25, -0.2) is 4.98 Å². The third-order valence-electron chi connectivity index (χ3n) is 3.89. The smallest absolute Gasteiger partial charge is 0.209 e. The highest BCUT2D eigenvalue weighted by Gasteiger charge is 2.26. The lowest BCUT2D eigenvalue weighted by atomic mass is 10.2. The van der Waals surface area contributed by atoms with Gasteiger partial charge in [0.05, 0.1) is 7.11 Å². The highest BCUT2D eigenvalue weighted by atomic mass is 16.5. The Morgan fingerprint density at radius 2 is 1.83 bits per heavy atom. The number of carbonyl (C=O) groups is 1. The van der Waals surface area contributed by atoms with Crippen LogP contribution in [0.15, 0.2) is 12.3 Å².